The van der Waals surface area contributed by atoms with Crippen LogP contribution in [0.25, 0.3) is 0 Å². The first-order valence-electron chi connectivity index (χ1n) is 1.47. The van der Waals surface area contributed by atoms with Crippen LogP contribution in [0.3, 0.4) is 0 Å². The van der Waals surface area contributed by atoms with Gasteiger partial charge < -0.3 is 0 Å². The van der Waals surface area contributed by atoms with Gasteiger partial charge in [-0.05, 0) is 0 Å². The largest absolute Gasteiger partial charge is 1.00 e. The van der Waals surface area contributed by atoms with E-state index in [0.717, 1.165) is 5.92 Å². The van der Waals surface area contributed by atoms with E-state index in [1.165, 1.54) is 0 Å². The van der Waals surface area contributed by atoms with Crippen molar-refractivity contribution in [2.75, 3.05) is 0 Å². The zero-order valence-electron chi connectivity index (χ0n) is 4.45. The quantitative estimate of drug-likeness (QED) is 0.374. The van der Waals surface area contributed by atoms with Gasteiger partial charge in [0, 0.05) is 0 Å². The molecule has 0 aromatic carbocycles. The number of hydrogen-bond donors (Lipinski definition) is 0. The molecule has 0 fully saturated rings. The molecule has 0 heterocycles. The van der Waals surface area contributed by atoms with Crippen LogP contribution in [0.5, 0.6) is 0 Å². The molecular formula is C4H6NRb. The molecule has 2 heteroatoms. The van der Waals surface area contributed by atoms with Gasteiger partial charge in [-0.1, -0.05) is 0 Å². The Morgan fingerprint density at radius 2 is 1.67 bits per heavy atom. The van der Waals surface area contributed by atoms with E-state index in [0.29, 0.717) is 0 Å². The van der Waals surface area contributed by atoms with Gasteiger partial charge in [-0.25, -0.2) is 5.26 Å². The molecule has 6 heavy (non-hydrogen) atoms. The number of rotatable bonds is 0. The molecule has 0 aliphatic heterocycles. The summed E-state index contributed by atoms with van der Waals surface area (Å²) in [5, 5.41) is 7.86. The average Bonchev–Trinajstić information content (AvgIpc) is 1.38. The van der Waals surface area contributed by atoms with E-state index in [9.17, 15) is 0 Å². The maximum Gasteiger partial charge on any atom is 1.00 e. The molecule has 0 aliphatic rings. The molecule has 28 valence electrons. The fourth-order valence-corrected chi connectivity index (χ4v) is 0. The molecule has 0 amide bonds. The molecule has 0 saturated carbocycles. The Balaban J connectivity index is 0. The summed E-state index contributed by atoms with van der Waals surface area (Å²) >= 11 is 0. The molecule has 0 bridgehead atoms. The van der Waals surface area contributed by atoms with Gasteiger partial charge in [-0.2, -0.15) is 13.8 Å². The van der Waals surface area contributed by atoms with E-state index in [4.69, 9.17) is 5.26 Å². The third kappa shape index (κ3) is 8.94. The van der Waals surface area contributed by atoms with Gasteiger partial charge in [0.2, 0.25) is 0 Å². The van der Waals surface area contributed by atoms with Crippen molar-refractivity contribution in [3.63, 3.8) is 0 Å². The predicted molar refractivity (Wildman–Crippen MR) is 20.2 cm³/mol. The van der Waals surface area contributed by atoms with Crippen LogP contribution in [0, 0.1) is 17.2 Å². The van der Waals surface area contributed by atoms with E-state index in [-0.39, 0.29) is 58.2 Å². The molecule has 0 aromatic rings. The van der Waals surface area contributed by atoms with Crippen molar-refractivity contribution >= 4 is 0 Å². The normalized spacial score (nSPS) is 4.83. The van der Waals surface area contributed by atoms with Gasteiger partial charge in [0.15, 0.2) is 0 Å². The van der Waals surface area contributed by atoms with E-state index in [1.807, 2.05) is 6.07 Å². The fourth-order valence-electron chi connectivity index (χ4n) is 0. The van der Waals surface area contributed by atoms with Crippen LogP contribution in [0.2, 0.25) is 0 Å². The molecule has 0 unspecified atom stereocenters. The summed E-state index contributed by atoms with van der Waals surface area (Å²) in [5.74, 6) is 0.810. The second-order valence-electron chi connectivity index (χ2n) is 1.11. The van der Waals surface area contributed by atoms with Crippen molar-refractivity contribution in [3.05, 3.63) is 5.92 Å². The zero-order chi connectivity index (χ0) is 4.28. The maximum absolute atomic E-state index is 7.86. The van der Waals surface area contributed by atoms with Crippen LogP contribution in [0.1, 0.15) is 13.8 Å². The van der Waals surface area contributed by atoms with Crippen molar-refractivity contribution in [1.82, 2.24) is 0 Å². The van der Waals surface area contributed by atoms with Gasteiger partial charge in [0.25, 0.3) is 0 Å². The molecule has 0 aliphatic carbocycles. The minimum atomic E-state index is 0. The topological polar surface area (TPSA) is 23.8 Å². The van der Waals surface area contributed by atoms with E-state index < -0.39 is 0 Å². The van der Waals surface area contributed by atoms with Crippen molar-refractivity contribution in [2.45, 2.75) is 13.8 Å². The number of nitrogens with zero attached hydrogens (tertiary/aromatic N) is 1. The van der Waals surface area contributed by atoms with Gasteiger partial charge >= 0.3 is 58.2 Å². The third-order valence-electron chi connectivity index (χ3n) is 0.224. The Labute approximate surface area is 87.5 Å². The predicted octanol–water partition coefficient (Wildman–Crippen LogP) is -1.87. The standard InChI is InChI=1S/C4H6N.Rb/c1-4(2)3-5;/h1-2H3;/q-1;+1. The molecule has 0 aromatic heterocycles. The van der Waals surface area contributed by atoms with Crippen molar-refractivity contribution in [2.24, 2.45) is 0 Å². The molecule has 1 nitrogen and oxygen atoms in total. The Morgan fingerprint density at radius 1 is 1.50 bits per heavy atom. The van der Waals surface area contributed by atoms with Gasteiger partial charge in [-0.3, -0.25) is 5.92 Å². The van der Waals surface area contributed by atoms with E-state index >= 15 is 0 Å². The minimum Gasteiger partial charge on any atom is -0.282 e. The number of nitriles is 1. The molecule has 0 atom stereocenters. The summed E-state index contributed by atoms with van der Waals surface area (Å²) in [6.07, 6.45) is 0. The Kier molecular flexibility index (Phi) is 10.5. The van der Waals surface area contributed by atoms with Crippen LogP contribution in [0.15, 0.2) is 0 Å². The van der Waals surface area contributed by atoms with Crippen LogP contribution in [-0.4, -0.2) is 0 Å². The van der Waals surface area contributed by atoms with Gasteiger partial charge in [-0.15, -0.1) is 6.07 Å². The van der Waals surface area contributed by atoms with Crippen LogP contribution in [0.4, 0.5) is 0 Å². The van der Waals surface area contributed by atoms with Crippen LogP contribution in [-0.2, 0) is 0 Å². The molecule has 0 saturated heterocycles. The molecule has 0 rings (SSSR count). The van der Waals surface area contributed by atoms with E-state index in [2.05, 4.69) is 0 Å². The minimum absolute atomic E-state index is 0. The second kappa shape index (κ2) is 6.17. The second-order valence-corrected chi connectivity index (χ2v) is 1.11. The van der Waals surface area contributed by atoms with Crippen molar-refractivity contribution in [3.8, 4) is 6.07 Å². The van der Waals surface area contributed by atoms with Crippen LogP contribution < -0.4 is 58.2 Å². The summed E-state index contributed by atoms with van der Waals surface area (Å²) in [6.45, 7) is 3.56. The van der Waals surface area contributed by atoms with Crippen LogP contribution >= 0.6 is 0 Å². The Hall–Kier alpha value is 1.17. The molecule has 0 radical (unpaired) electrons. The third-order valence-corrected chi connectivity index (χ3v) is 0.224. The SMILES string of the molecule is C[C-](C)C#N.[Rb+]. The average molecular weight is 154 g/mol. The first kappa shape index (κ1) is 10.2. The zero-order valence-corrected chi connectivity index (χ0v) is 9.36. The summed E-state index contributed by atoms with van der Waals surface area (Å²) in [6, 6.07) is 1.94. The molecule has 0 N–H and O–H groups in total. The Morgan fingerprint density at radius 3 is 1.67 bits per heavy atom. The first-order chi connectivity index (χ1) is 2.27. The summed E-state index contributed by atoms with van der Waals surface area (Å²) < 4.78 is 0. The number of hydrogen-bond acceptors (Lipinski definition) is 1. The van der Waals surface area contributed by atoms with Crippen molar-refractivity contribution < 1.29 is 58.2 Å². The summed E-state index contributed by atoms with van der Waals surface area (Å²) in [7, 11) is 0. The summed E-state index contributed by atoms with van der Waals surface area (Å²) in [5.41, 5.74) is 0. The molecular weight excluding hydrogens is 148 g/mol. The first-order valence-corrected chi connectivity index (χ1v) is 1.47. The van der Waals surface area contributed by atoms with Crippen molar-refractivity contribution in [1.29, 1.82) is 5.26 Å². The smallest absolute Gasteiger partial charge is 0.282 e. The maximum atomic E-state index is 7.86. The van der Waals surface area contributed by atoms with Gasteiger partial charge in [0.1, 0.15) is 0 Å². The summed E-state index contributed by atoms with van der Waals surface area (Å²) in [4.78, 5) is 0. The Bertz CT molecular complexity index is 53.1. The van der Waals surface area contributed by atoms with Gasteiger partial charge in [0.05, 0.1) is 0 Å². The fraction of sp³-hybridized carbons (Fsp3) is 0.500. The monoisotopic (exact) mass is 153 g/mol. The van der Waals surface area contributed by atoms with E-state index in [1.54, 1.807) is 13.8 Å². The molecule has 0 spiro atoms.